The summed E-state index contributed by atoms with van der Waals surface area (Å²) in [4.78, 5) is 19.4. The molecule has 0 radical (unpaired) electrons. The van der Waals surface area contributed by atoms with Gasteiger partial charge in [-0.1, -0.05) is 29.4 Å². The molecule has 172 valence electrons. The highest BCUT2D eigenvalue weighted by molar-refractivity contribution is 5.95. The molecule has 0 N–H and O–H groups in total. The number of carbonyl (C=O) groups excluding carboxylic acids is 1. The minimum absolute atomic E-state index is 0.00341. The van der Waals surface area contributed by atoms with E-state index >= 15 is 0 Å². The molecule has 1 amide bonds. The molecule has 6 nitrogen and oxygen atoms in total. The first kappa shape index (κ1) is 22.6. The van der Waals surface area contributed by atoms with E-state index in [9.17, 15) is 18.0 Å². The molecule has 2 aromatic carbocycles. The van der Waals surface area contributed by atoms with Gasteiger partial charge in [0.25, 0.3) is 12.3 Å². The smallest absolute Gasteiger partial charge is 0.282 e. The quantitative estimate of drug-likeness (QED) is 0.356. The van der Waals surface area contributed by atoms with E-state index in [-0.39, 0.29) is 18.2 Å². The summed E-state index contributed by atoms with van der Waals surface area (Å²) in [5, 5.41) is 7.33. The van der Waals surface area contributed by atoms with Gasteiger partial charge in [0.2, 0.25) is 0 Å². The molecule has 9 heteroatoms. The molecule has 4 rings (SSSR count). The van der Waals surface area contributed by atoms with Crippen molar-refractivity contribution in [2.75, 3.05) is 7.11 Å². The standard InChI is InChI=1S/C24H23F3N4O2/c1-30-14-20(22(29-30)23(26)27)24(32)31(19-8-9-19)13-15-4-3-5-16(10-15)17-6-7-18(12-28-33-2)21(25)11-17/h3-7,10-12,14,19,23H,8-9,13H2,1-2H3/b28-12+. The van der Waals surface area contributed by atoms with E-state index in [4.69, 9.17) is 0 Å². The van der Waals surface area contributed by atoms with Gasteiger partial charge in [-0.2, -0.15) is 5.10 Å². The molecular formula is C24H23F3N4O2. The molecule has 1 fully saturated rings. The summed E-state index contributed by atoms with van der Waals surface area (Å²) in [5.74, 6) is -0.899. The van der Waals surface area contributed by atoms with Gasteiger partial charge < -0.3 is 9.74 Å². The highest BCUT2D eigenvalue weighted by atomic mass is 19.3. The van der Waals surface area contributed by atoms with Crippen LogP contribution in [0.1, 0.15) is 46.4 Å². The van der Waals surface area contributed by atoms with Crippen LogP contribution in [0, 0.1) is 5.82 Å². The van der Waals surface area contributed by atoms with Crippen LogP contribution in [0.15, 0.2) is 53.8 Å². The number of rotatable bonds is 8. The minimum Gasteiger partial charge on any atom is -0.399 e. The first-order valence-electron chi connectivity index (χ1n) is 10.5. The predicted octanol–water partition coefficient (Wildman–Crippen LogP) is 4.95. The number of halogens is 3. The molecule has 0 unspecified atom stereocenters. The normalized spacial score (nSPS) is 13.6. The van der Waals surface area contributed by atoms with Crippen molar-refractivity contribution in [1.82, 2.24) is 14.7 Å². The number of hydrogen-bond acceptors (Lipinski definition) is 4. The van der Waals surface area contributed by atoms with E-state index in [0.29, 0.717) is 11.1 Å². The Balaban J connectivity index is 1.59. The lowest BCUT2D eigenvalue weighted by atomic mass is 10.0. The fraction of sp³-hybridized carbons (Fsp3) is 0.292. The SMILES string of the molecule is CO/N=C/c1ccc(-c2cccc(CN(C(=O)c3cn(C)nc3C(F)F)C3CC3)c2)cc1F. The van der Waals surface area contributed by atoms with E-state index in [1.54, 1.807) is 17.0 Å². The lowest BCUT2D eigenvalue weighted by Gasteiger charge is -2.23. The van der Waals surface area contributed by atoms with Gasteiger partial charge in [0.1, 0.15) is 18.6 Å². The van der Waals surface area contributed by atoms with E-state index < -0.39 is 23.8 Å². The zero-order valence-electron chi connectivity index (χ0n) is 18.2. The van der Waals surface area contributed by atoms with Crippen LogP contribution in [0.4, 0.5) is 13.2 Å². The lowest BCUT2D eigenvalue weighted by Crippen LogP contribution is -2.33. The summed E-state index contributed by atoms with van der Waals surface area (Å²) >= 11 is 0. The van der Waals surface area contributed by atoms with Gasteiger partial charge in [-0.15, -0.1) is 0 Å². The Morgan fingerprint density at radius 2 is 2.03 bits per heavy atom. The van der Waals surface area contributed by atoms with Crippen LogP contribution in [0.25, 0.3) is 11.1 Å². The molecule has 1 aliphatic carbocycles. The summed E-state index contributed by atoms with van der Waals surface area (Å²) in [5.41, 5.74) is 1.98. The maximum atomic E-state index is 14.4. The van der Waals surface area contributed by atoms with Crippen LogP contribution in [0.5, 0.6) is 0 Å². The zero-order valence-corrected chi connectivity index (χ0v) is 18.2. The Hall–Kier alpha value is -3.62. The second-order valence-electron chi connectivity index (χ2n) is 7.92. The Labute approximate surface area is 189 Å². The van der Waals surface area contributed by atoms with Crippen LogP contribution in [-0.4, -0.2) is 40.0 Å². The number of aryl methyl sites for hydroxylation is 1. The fourth-order valence-electron chi connectivity index (χ4n) is 3.71. The number of hydrogen-bond donors (Lipinski definition) is 0. The Morgan fingerprint density at radius 3 is 2.70 bits per heavy atom. The topological polar surface area (TPSA) is 59.7 Å². The van der Waals surface area contributed by atoms with Crippen LogP contribution in [-0.2, 0) is 18.4 Å². The number of aromatic nitrogens is 2. The number of oxime groups is 1. The average Bonchev–Trinajstić information content (AvgIpc) is 3.56. The van der Waals surface area contributed by atoms with Crippen molar-refractivity contribution in [2.45, 2.75) is 31.9 Å². The first-order valence-corrected chi connectivity index (χ1v) is 10.5. The molecule has 1 saturated carbocycles. The molecule has 0 atom stereocenters. The van der Waals surface area contributed by atoms with Gasteiger partial charge in [-0.3, -0.25) is 9.48 Å². The van der Waals surface area contributed by atoms with Gasteiger partial charge in [0.05, 0.1) is 11.8 Å². The Bertz CT molecular complexity index is 1190. The minimum atomic E-state index is -2.83. The monoisotopic (exact) mass is 456 g/mol. The summed E-state index contributed by atoms with van der Waals surface area (Å²) in [6.45, 7) is 0.260. The molecule has 0 spiro atoms. The molecule has 0 saturated heterocycles. The number of benzene rings is 2. The van der Waals surface area contributed by atoms with Crippen LogP contribution in [0.2, 0.25) is 0 Å². The van der Waals surface area contributed by atoms with Gasteiger partial charge >= 0.3 is 0 Å². The summed E-state index contributed by atoms with van der Waals surface area (Å²) in [6.07, 6.45) is 1.45. The molecular weight excluding hydrogens is 433 g/mol. The third kappa shape index (κ3) is 5.08. The van der Waals surface area contributed by atoms with Gasteiger partial charge in [-0.05, 0) is 47.7 Å². The largest absolute Gasteiger partial charge is 0.399 e. The van der Waals surface area contributed by atoms with E-state index in [1.807, 2.05) is 24.3 Å². The molecule has 0 bridgehead atoms. The van der Waals surface area contributed by atoms with Crippen molar-refractivity contribution < 1.29 is 22.8 Å². The van der Waals surface area contributed by atoms with Crippen molar-refractivity contribution >= 4 is 12.1 Å². The summed E-state index contributed by atoms with van der Waals surface area (Å²) < 4.78 is 42.4. The molecule has 33 heavy (non-hydrogen) atoms. The highest BCUT2D eigenvalue weighted by Gasteiger charge is 2.35. The number of alkyl halides is 2. The third-order valence-corrected chi connectivity index (χ3v) is 5.45. The third-order valence-electron chi connectivity index (χ3n) is 5.45. The number of carbonyl (C=O) groups is 1. The molecule has 1 heterocycles. The second-order valence-corrected chi connectivity index (χ2v) is 7.92. The van der Waals surface area contributed by atoms with Crippen LogP contribution in [0.3, 0.4) is 0 Å². The van der Waals surface area contributed by atoms with Crippen LogP contribution < -0.4 is 0 Å². The maximum Gasteiger partial charge on any atom is 0.282 e. The van der Waals surface area contributed by atoms with E-state index in [1.165, 1.54) is 37.3 Å². The molecule has 0 aliphatic heterocycles. The Morgan fingerprint density at radius 1 is 1.27 bits per heavy atom. The van der Waals surface area contributed by atoms with Crippen molar-refractivity contribution in [2.24, 2.45) is 12.2 Å². The van der Waals surface area contributed by atoms with Gasteiger partial charge in [-0.25, -0.2) is 13.2 Å². The number of nitrogens with zero attached hydrogens (tertiary/aromatic N) is 4. The molecule has 3 aromatic rings. The second kappa shape index (κ2) is 9.48. The molecule has 1 aromatic heterocycles. The van der Waals surface area contributed by atoms with Crippen molar-refractivity contribution in [1.29, 1.82) is 0 Å². The highest BCUT2D eigenvalue weighted by Crippen LogP contribution is 2.32. The predicted molar refractivity (Wildman–Crippen MR) is 117 cm³/mol. The average molecular weight is 456 g/mol. The summed E-state index contributed by atoms with van der Waals surface area (Å²) in [7, 11) is 2.89. The van der Waals surface area contributed by atoms with Crippen molar-refractivity contribution in [3.63, 3.8) is 0 Å². The fourth-order valence-corrected chi connectivity index (χ4v) is 3.71. The van der Waals surface area contributed by atoms with Crippen molar-refractivity contribution in [3.05, 3.63) is 76.9 Å². The summed E-state index contributed by atoms with van der Waals surface area (Å²) in [6, 6.07) is 12.2. The molecule has 1 aliphatic rings. The Kier molecular flexibility index (Phi) is 6.48. The number of amides is 1. The van der Waals surface area contributed by atoms with E-state index in [0.717, 1.165) is 24.0 Å². The van der Waals surface area contributed by atoms with Gasteiger partial charge in [0.15, 0.2) is 0 Å². The first-order chi connectivity index (χ1) is 15.9. The van der Waals surface area contributed by atoms with E-state index in [2.05, 4.69) is 15.1 Å². The van der Waals surface area contributed by atoms with Crippen LogP contribution >= 0.6 is 0 Å². The van der Waals surface area contributed by atoms with Gasteiger partial charge in [0, 0.05) is 31.4 Å². The maximum absolute atomic E-state index is 14.4. The lowest BCUT2D eigenvalue weighted by molar-refractivity contribution is 0.0717. The zero-order chi connectivity index (χ0) is 23.5. The van der Waals surface area contributed by atoms with Crippen molar-refractivity contribution in [3.8, 4) is 11.1 Å².